The summed E-state index contributed by atoms with van der Waals surface area (Å²) in [5.74, 6) is 0.232. The molecule has 4 rings (SSSR count). The van der Waals surface area contributed by atoms with Gasteiger partial charge in [-0.3, -0.25) is 9.59 Å². The van der Waals surface area contributed by atoms with E-state index >= 15 is 0 Å². The molecule has 0 aliphatic carbocycles. The minimum Gasteiger partial charge on any atom is -0.489 e. The summed E-state index contributed by atoms with van der Waals surface area (Å²) in [6.45, 7) is 2.08. The van der Waals surface area contributed by atoms with Crippen molar-refractivity contribution in [2.24, 2.45) is 0 Å². The third-order valence-corrected chi connectivity index (χ3v) is 6.12. The molecular weight excluding hydrogens is 450 g/mol. The molecule has 4 aromatic rings. The van der Waals surface area contributed by atoms with E-state index in [9.17, 15) is 9.59 Å². The first-order valence-corrected chi connectivity index (χ1v) is 11.3. The van der Waals surface area contributed by atoms with E-state index in [1.165, 1.54) is 17.6 Å². The predicted octanol–water partition coefficient (Wildman–Crippen LogP) is 5.80. The van der Waals surface area contributed by atoms with E-state index in [-0.39, 0.29) is 24.2 Å². The number of benzene rings is 2. The molecule has 170 valence electrons. The molecule has 7 nitrogen and oxygen atoms in total. The number of rotatable bonds is 8. The Labute approximate surface area is 200 Å². The third kappa shape index (κ3) is 5.52. The van der Waals surface area contributed by atoms with Crippen molar-refractivity contribution in [1.82, 2.24) is 0 Å². The van der Waals surface area contributed by atoms with Crippen LogP contribution in [0.1, 0.15) is 36.9 Å². The summed E-state index contributed by atoms with van der Waals surface area (Å²) in [6.07, 6.45) is 1.78. The first-order chi connectivity index (χ1) is 16.5. The van der Waals surface area contributed by atoms with Crippen molar-refractivity contribution in [3.05, 3.63) is 100 Å². The van der Waals surface area contributed by atoms with Crippen LogP contribution in [0.2, 0.25) is 0 Å². The lowest BCUT2D eigenvalue weighted by Crippen LogP contribution is -2.13. The maximum Gasteiger partial charge on any atom is 0.291 e. The van der Waals surface area contributed by atoms with E-state index in [0.29, 0.717) is 27.7 Å². The van der Waals surface area contributed by atoms with Crippen molar-refractivity contribution in [3.8, 4) is 11.8 Å². The first kappa shape index (κ1) is 22.8. The number of nitriles is 1. The van der Waals surface area contributed by atoms with E-state index in [0.717, 1.165) is 16.7 Å². The fourth-order valence-electron chi connectivity index (χ4n) is 3.25. The van der Waals surface area contributed by atoms with Gasteiger partial charge < -0.3 is 19.8 Å². The zero-order chi connectivity index (χ0) is 23.9. The number of amides is 2. The fraction of sp³-hybridized carbons (Fsp3) is 0.115. The Balaban J connectivity index is 1.42. The molecule has 0 fully saturated rings. The second kappa shape index (κ2) is 10.5. The average Bonchev–Trinajstić information content (AvgIpc) is 3.50. The lowest BCUT2D eigenvalue weighted by molar-refractivity contribution is 0.0995. The van der Waals surface area contributed by atoms with Gasteiger partial charge in [-0.15, -0.1) is 11.3 Å². The monoisotopic (exact) mass is 471 g/mol. The summed E-state index contributed by atoms with van der Waals surface area (Å²) >= 11 is 1.19. The highest BCUT2D eigenvalue weighted by Gasteiger charge is 2.17. The zero-order valence-electron chi connectivity index (χ0n) is 18.3. The minimum atomic E-state index is -0.374. The van der Waals surface area contributed by atoms with Crippen LogP contribution in [0, 0.1) is 18.3 Å². The van der Waals surface area contributed by atoms with Crippen molar-refractivity contribution >= 4 is 33.8 Å². The molecule has 0 bridgehead atoms. The fourth-order valence-corrected chi connectivity index (χ4v) is 4.22. The SMILES string of the molecule is Cc1cc(NC(=O)c2ccco2)sc1C(=O)Nc1ccccc1COc1ccc(CC#N)cc1. The van der Waals surface area contributed by atoms with Crippen LogP contribution >= 0.6 is 11.3 Å². The second-order valence-electron chi connectivity index (χ2n) is 7.43. The van der Waals surface area contributed by atoms with Crippen LogP contribution in [0.3, 0.4) is 0 Å². The third-order valence-electron chi connectivity index (χ3n) is 4.97. The molecular formula is C26H21N3O4S. The average molecular weight is 472 g/mol. The van der Waals surface area contributed by atoms with Crippen LogP contribution in [0.5, 0.6) is 5.75 Å². The van der Waals surface area contributed by atoms with Gasteiger partial charge in [0.15, 0.2) is 5.76 Å². The van der Waals surface area contributed by atoms with E-state index in [1.807, 2.05) is 55.5 Å². The van der Waals surface area contributed by atoms with Crippen molar-refractivity contribution in [2.75, 3.05) is 10.6 Å². The molecule has 2 N–H and O–H groups in total. The molecule has 0 radical (unpaired) electrons. The van der Waals surface area contributed by atoms with Gasteiger partial charge in [0, 0.05) is 11.3 Å². The number of nitrogens with one attached hydrogen (secondary N) is 2. The van der Waals surface area contributed by atoms with Gasteiger partial charge in [-0.2, -0.15) is 5.26 Å². The molecule has 2 amide bonds. The van der Waals surface area contributed by atoms with Crippen LogP contribution in [0.4, 0.5) is 10.7 Å². The molecule has 0 spiro atoms. The summed E-state index contributed by atoms with van der Waals surface area (Å²) in [5, 5.41) is 15.0. The highest BCUT2D eigenvalue weighted by molar-refractivity contribution is 7.18. The molecule has 0 saturated carbocycles. The Bertz CT molecular complexity index is 1340. The number of furan rings is 1. The Morgan fingerprint density at radius 2 is 1.82 bits per heavy atom. The molecule has 2 heterocycles. The van der Waals surface area contributed by atoms with Crippen LogP contribution in [-0.4, -0.2) is 11.8 Å². The number of aryl methyl sites for hydroxylation is 1. The van der Waals surface area contributed by atoms with E-state index in [2.05, 4.69) is 16.7 Å². The van der Waals surface area contributed by atoms with Crippen molar-refractivity contribution in [1.29, 1.82) is 5.26 Å². The maximum atomic E-state index is 13.0. The van der Waals surface area contributed by atoms with Gasteiger partial charge in [-0.25, -0.2) is 0 Å². The van der Waals surface area contributed by atoms with Gasteiger partial charge in [0.25, 0.3) is 11.8 Å². The van der Waals surface area contributed by atoms with Gasteiger partial charge in [0.1, 0.15) is 12.4 Å². The highest BCUT2D eigenvalue weighted by Crippen LogP contribution is 2.29. The van der Waals surface area contributed by atoms with Gasteiger partial charge >= 0.3 is 0 Å². The quantitative estimate of drug-likeness (QED) is 0.338. The van der Waals surface area contributed by atoms with Crippen molar-refractivity contribution in [2.45, 2.75) is 20.0 Å². The molecule has 0 unspecified atom stereocenters. The summed E-state index contributed by atoms with van der Waals surface area (Å²) < 4.78 is 11.0. The lowest BCUT2D eigenvalue weighted by Gasteiger charge is -2.12. The highest BCUT2D eigenvalue weighted by atomic mass is 32.1. The summed E-state index contributed by atoms with van der Waals surface area (Å²) in [6, 6.07) is 21.9. The largest absolute Gasteiger partial charge is 0.489 e. The van der Waals surface area contributed by atoms with Gasteiger partial charge in [0.2, 0.25) is 0 Å². The number of nitrogens with zero attached hydrogens (tertiary/aromatic N) is 1. The number of hydrogen-bond acceptors (Lipinski definition) is 6. The first-order valence-electron chi connectivity index (χ1n) is 10.5. The summed E-state index contributed by atoms with van der Waals surface area (Å²) in [5.41, 5.74) is 3.14. The number of thiophene rings is 1. The summed E-state index contributed by atoms with van der Waals surface area (Å²) in [4.78, 5) is 25.7. The normalized spacial score (nSPS) is 10.4. The lowest BCUT2D eigenvalue weighted by atomic mass is 10.1. The summed E-state index contributed by atoms with van der Waals surface area (Å²) in [7, 11) is 0. The molecule has 8 heteroatoms. The number of ether oxygens (including phenoxy) is 1. The standard InChI is InChI=1S/C26H21N3O4S/c1-17-15-23(29-25(30)22-7-4-14-32-22)34-24(17)26(31)28-21-6-3-2-5-19(21)16-33-20-10-8-18(9-11-20)12-13-27/h2-11,14-15H,12,16H2,1H3,(H,28,31)(H,29,30). The maximum absolute atomic E-state index is 13.0. The molecule has 0 saturated heterocycles. The molecule has 2 aromatic heterocycles. The number of para-hydroxylation sites is 1. The van der Waals surface area contributed by atoms with Gasteiger partial charge in [-0.05, 0) is 54.4 Å². The Morgan fingerprint density at radius 3 is 2.56 bits per heavy atom. The second-order valence-corrected chi connectivity index (χ2v) is 8.49. The molecule has 0 atom stereocenters. The van der Waals surface area contributed by atoms with Crippen LogP contribution in [0.25, 0.3) is 0 Å². The number of carbonyl (C=O) groups excluding carboxylic acids is 2. The minimum absolute atomic E-state index is 0.200. The van der Waals surface area contributed by atoms with Crippen LogP contribution in [-0.2, 0) is 13.0 Å². The van der Waals surface area contributed by atoms with Gasteiger partial charge in [-0.1, -0.05) is 30.3 Å². The molecule has 0 aliphatic heterocycles. The van der Waals surface area contributed by atoms with E-state index in [1.54, 1.807) is 18.2 Å². The Kier molecular flexibility index (Phi) is 7.06. The Hall–Kier alpha value is -4.35. The number of anilines is 2. The topological polar surface area (TPSA) is 104 Å². The molecule has 2 aromatic carbocycles. The van der Waals surface area contributed by atoms with Crippen LogP contribution in [0.15, 0.2) is 77.4 Å². The zero-order valence-corrected chi connectivity index (χ0v) is 19.1. The number of hydrogen-bond donors (Lipinski definition) is 2. The molecule has 0 aliphatic rings. The van der Waals surface area contributed by atoms with E-state index in [4.69, 9.17) is 14.4 Å². The van der Waals surface area contributed by atoms with Crippen LogP contribution < -0.4 is 15.4 Å². The van der Waals surface area contributed by atoms with Crippen molar-refractivity contribution < 1.29 is 18.7 Å². The Morgan fingerprint density at radius 1 is 1.03 bits per heavy atom. The van der Waals surface area contributed by atoms with E-state index < -0.39 is 0 Å². The predicted molar refractivity (Wildman–Crippen MR) is 130 cm³/mol. The van der Waals surface area contributed by atoms with Gasteiger partial charge in [0.05, 0.1) is 28.6 Å². The number of carbonyl (C=O) groups is 2. The van der Waals surface area contributed by atoms with Crippen molar-refractivity contribution in [3.63, 3.8) is 0 Å². The molecule has 34 heavy (non-hydrogen) atoms. The smallest absolute Gasteiger partial charge is 0.291 e.